The van der Waals surface area contributed by atoms with E-state index in [4.69, 9.17) is 4.74 Å². The molecule has 1 amide bonds. The summed E-state index contributed by atoms with van der Waals surface area (Å²) in [4.78, 5) is 23.6. The summed E-state index contributed by atoms with van der Waals surface area (Å²) in [5.74, 6) is -1.34. The zero-order chi connectivity index (χ0) is 18.4. The Hall–Kier alpha value is -2.00. The first-order chi connectivity index (χ1) is 11.7. The fourth-order valence-corrected chi connectivity index (χ4v) is 2.68. The van der Waals surface area contributed by atoms with E-state index in [1.165, 1.54) is 12.1 Å². The fraction of sp³-hybridized carbons (Fsp3) is 0.125. The van der Waals surface area contributed by atoms with Crippen molar-refractivity contribution >= 4 is 45.3 Å². The van der Waals surface area contributed by atoms with E-state index in [2.05, 4.69) is 21.2 Å². The highest BCUT2D eigenvalue weighted by atomic mass is 79.9. The normalized spacial score (nSPS) is 11.0. The average Bonchev–Trinajstić information content (AvgIpc) is 2.54. The van der Waals surface area contributed by atoms with Gasteiger partial charge in [-0.2, -0.15) is 13.2 Å². The Morgan fingerprint density at radius 3 is 2.32 bits per heavy atom. The number of halogens is 4. The number of anilines is 1. The monoisotopic (exact) mass is 433 g/mol. The minimum Gasteiger partial charge on any atom is -0.452 e. The number of benzene rings is 2. The number of alkyl halides is 3. The van der Waals surface area contributed by atoms with Gasteiger partial charge in [0.25, 0.3) is 5.91 Å². The van der Waals surface area contributed by atoms with Gasteiger partial charge in [0.05, 0.1) is 11.3 Å². The zero-order valence-corrected chi connectivity index (χ0v) is 14.9. The first kappa shape index (κ1) is 19.3. The van der Waals surface area contributed by atoms with Gasteiger partial charge in [0.15, 0.2) is 6.61 Å². The van der Waals surface area contributed by atoms with Gasteiger partial charge < -0.3 is 10.1 Å². The lowest BCUT2D eigenvalue weighted by Crippen LogP contribution is -2.21. The van der Waals surface area contributed by atoms with Crippen molar-refractivity contribution in [2.75, 3.05) is 11.9 Å². The molecule has 1 N–H and O–H groups in total. The third-order valence-corrected chi connectivity index (χ3v) is 4.24. The van der Waals surface area contributed by atoms with Crippen LogP contribution in [0.15, 0.2) is 57.9 Å². The van der Waals surface area contributed by atoms with Crippen LogP contribution in [-0.4, -0.2) is 24.0 Å². The maximum Gasteiger partial charge on any atom is 0.446 e. The summed E-state index contributed by atoms with van der Waals surface area (Å²) >= 11 is 2.99. The molecule has 0 fully saturated rings. The Balaban J connectivity index is 1.87. The number of rotatable bonds is 5. The predicted molar refractivity (Wildman–Crippen MR) is 91.4 cm³/mol. The van der Waals surface area contributed by atoms with E-state index in [0.29, 0.717) is 10.2 Å². The smallest absolute Gasteiger partial charge is 0.446 e. The molecule has 132 valence electrons. The molecule has 0 bridgehead atoms. The van der Waals surface area contributed by atoms with Crippen molar-refractivity contribution in [1.29, 1.82) is 0 Å². The molecule has 0 radical (unpaired) electrons. The Kier molecular flexibility index (Phi) is 6.49. The number of hydrogen-bond acceptors (Lipinski definition) is 4. The van der Waals surface area contributed by atoms with Gasteiger partial charge in [0.2, 0.25) is 0 Å². The molecular formula is C16H11BrF3NO3S. The maximum atomic E-state index is 12.2. The molecule has 0 atom stereocenters. The number of para-hydroxylation sites is 1. The van der Waals surface area contributed by atoms with Gasteiger partial charge in [-0.1, -0.05) is 12.1 Å². The minimum absolute atomic E-state index is 0.0456. The van der Waals surface area contributed by atoms with Gasteiger partial charge in [-0.3, -0.25) is 4.79 Å². The Morgan fingerprint density at radius 2 is 1.72 bits per heavy atom. The quantitative estimate of drug-likeness (QED) is 0.540. The zero-order valence-electron chi connectivity index (χ0n) is 12.5. The van der Waals surface area contributed by atoms with Crippen molar-refractivity contribution in [3.05, 3.63) is 58.6 Å². The van der Waals surface area contributed by atoms with E-state index in [9.17, 15) is 22.8 Å². The van der Waals surface area contributed by atoms with E-state index in [0.717, 1.165) is 12.1 Å². The topological polar surface area (TPSA) is 55.4 Å². The second kappa shape index (κ2) is 8.39. The molecule has 4 nitrogen and oxygen atoms in total. The van der Waals surface area contributed by atoms with Crippen LogP contribution < -0.4 is 5.32 Å². The largest absolute Gasteiger partial charge is 0.452 e. The molecule has 25 heavy (non-hydrogen) atoms. The summed E-state index contributed by atoms with van der Waals surface area (Å²) < 4.78 is 42.2. The molecule has 0 aliphatic rings. The van der Waals surface area contributed by atoms with Gasteiger partial charge in [-0.05, 0) is 64.1 Å². The standard InChI is InChI=1S/C16H11BrF3NO3S/c17-12-3-1-2-4-13(12)21-14(22)9-24-15(23)10-5-7-11(8-6-10)25-16(18,19)20/h1-8H,9H2,(H,21,22). The van der Waals surface area contributed by atoms with Gasteiger partial charge >= 0.3 is 11.5 Å². The summed E-state index contributed by atoms with van der Waals surface area (Å²) in [6.45, 7) is -0.515. The van der Waals surface area contributed by atoms with E-state index in [-0.39, 0.29) is 22.2 Å². The van der Waals surface area contributed by atoms with Gasteiger partial charge in [-0.25, -0.2) is 4.79 Å². The molecule has 2 aromatic rings. The summed E-state index contributed by atoms with van der Waals surface area (Å²) in [7, 11) is 0. The van der Waals surface area contributed by atoms with Crippen LogP contribution in [0.4, 0.5) is 18.9 Å². The summed E-state index contributed by atoms with van der Waals surface area (Å²) in [5, 5.41) is 2.56. The minimum atomic E-state index is -4.40. The number of amides is 1. The third-order valence-electron chi connectivity index (χ3n) is 2.81. The van der Waals surface area contributed by atoms with E-state index in [1.807, 2.05) is 0 Å². The van der Waals surface area contributed by atoms with E-state index < -0.39 is 24.0 Å². The number of carbonyl (C=O) groups excluding carboxylic acids is 2. The predicted octanol–water partition coefficient (Wildman–Crippen LogP) is 4.86. The van der Waals surface area contributed by atoms with Gasteiger partial charge in [0, 0.05) is 9.37 Å². The third kappa shape index (κ3) is 6.43. The first-order valence-corrected chi connectivity index (χ1v) is 8.43. The Labute approximate surface area is 153 Å². The summed E-state index contributed by atoms with van der Waals surface area (Å²) in [6.07, 6.45) is 0. The molecule has 0 heterocycles. The van der Waals surface area contributed by atoms with Crippen LogP contribution in [0.3, 0.4) is 0 Å². The Bertz CT molecular complexity index is 766. The second-order valence-corrected chi connectivity index (χ2v) is 6.67. The Morgan fingerprint density at radius 1 is 1.08 bits per heavy atom. The van der Waals surface area contributed by atoms with Crippen LogP contribution in [0.2, 0.25) is 0 Å². The summed E-state index contributed by atoms with van der Waals surface area (Å²) in [6, 6.07) is 11.7. The van der Waals surface area contributed by atoms with Crippen LogP contribution in [0.1, 0.15) is 10.4 Å². The highest BCUT2D eigenvalue weighted by Crippen LogP contribution is 2.36. The van der Waals surface area contributed by atoms with Crippen LogP contribution in [0.5, 0.6) is 0 Å². The second-order valence-electron chi connectivity index (χ2n) is 4.68. The molecule has 0 aliphatic heterocycles. The number of nitrogens with one attached hydrogen (secondary N) is 1. The number of ether oxygens (including phenoxy) is 1. The molecule has 0 saturated carbocycles. The van der Waals surface area contributed by atoms with E-state index in [1.54, 1.807) is 24.3 Å². The molecule has 2 rings (SSSR count). The number of esters is 1. The van der Waals surface area contributed by atoms with Crippen LogP contribution in [-0.2, 0) is 9.53 Å². The lowest BCUT2D eigenvalue weighted by Gasteiger charge is -2.09. The van der Waals surface area contributed by atoms with Crippen LogP contribution in [0.25, 0.3) is 0 Å². The molecule has 2 aromatic carbocycles. The highest BCUT2D eigenvalue weighted by Gasteiger charge is 2.29. The van der Waals surface area contributed by atoms with Crippen molar-refractivity contribution in [3.8, 4) is 0 Å². The van der Waals surface area contributed by atoms with Gasteiger partial charge in [0.1, 0.15) is 0 Å². The van der Waals surface area contributed by atoms with Gasteiger partial charge in [-0.15, -0.1) is 0 Å². The fourth-order valence-electron chi connectivity index (χ4n) is 1.76. The number of thioether (sulfide) groups is 1. The first-order valence-electron chi connectivity index (χ1n) is 6.82. The van der Waals surface area contributed by atoms with Crippen molar-refractivity contribution in [3.63, 3.8) is 0 Å². The lowest BCUT2D eigenvalue weighted by atomic mass is 10.2. The van der Waals surface area contributed by atoms with E-state index >= 15 is 0 Å². The maximum absolute atomic E-state index is 12.2. The van der Waals surface area contributed by atoms with Crippen LogP contribution in [0, 0.1) is 0 Å². The highest BCUT2D eigenvalue weighted by molar-refractivity contribution is 9.10. The number of hydrogen-bond donors (Lipinski definition) is 1. The average molecular weight is 434 g/mol. The molecule has 0 unspecified atom stereocenters. The molecule has 0 saturated heterocycles. The molecule has 0 aliphatic carbocycles. The SMILES string of the molecule is O=C(COC(=O)c1ccc(SC(F)(F)F)cc1)Nc1ccccc1Br. The molecule has 0 spiro atoms. The summed E-state index contributed by atoms with van der Waals surface area (Å²) in [5.41, 5.74) is -3.82. The van der Waals surface area contributed by atoms with Crippen LogP contribution >= 0.6 is 27.7 Å². The molecular weight excluding hydrogens is 423 g/mol. The lowest BCUT2D eigenvalue weighted by molar-refractivity contribution is -0.119. The molecule has 0 aromatic heterocycles. The molecule has 9 heteroatoms. The van der Waals surface area contributed by atoms with Crippen molar-refractivity contribution in [1.82, 2.24) is 0 Å². The van der Waals surface area contributed by atoms with Crippen molar-refractivity contribution in [2.45, 2.75) is 10.4 Å². The van der Waals surface area contributed by atoms with Crippen molar-refractivity contribution < 1.29 is 27.5 Å². The number of carbonyl (C=O) groups is 2. The van der Waals surface area contributed by atoms with Crippen molar-refractivity contribution in [2.24, 2.45) is 0 Å².